The molecule has 3 aliphatic rings. The number of ether oxygens (including phenoxy) is 1. The van der Waals surface area contributed by atoms with Crippen molar-refractivity contribution in [3.05, 3.63) is 16.5 Å². The Morgan fingerprint density at radius 2 is 1.96 bits per heavy atom. The third-order valence-electron chi connectivity index (χ3n) is 5.58. The molecular formula is C20H26N2O4S. The molecule has 2 amide bonds. The van der Waals surface area contributed by atoms with Gasteiger partial charge in [-0.1, -0.05) is 0 Å². The molecule has 1 aromatic heterocycles. The Bertz CT molecular complexity index is 751. The predicted molar refractivity (Wildman–Crippen MR) is 103 cm³/mol. The van der Waals surface area contributed by atoms with Gasteiger partial charge < -0.3 is 15.0 Å². The number of esters is 1. The maximum atomic E-state index is 12.9. The fourth-order valence-electron chi connectivity index (χ4n) is 3.77. The fourth-order valence-corrected chi connectivity index (χ4v) is 4.80. The van der Waals surface area contributed by atoms with Crippen LogP contribution in [-0.2, 0) is 14.3 Å². The van der Waals surface area contributed by atoms with Crippen molar-refractivity contribution in [2.75, 3.05) is 25.0 Å². The van der Waals surface area contributed by atoms with Gasteiger partial charge in [0.05, 0.1) is 18.1 Å². The summed E-state index contributed by atoms with van der Waals surface area (Å²) < 4.78 is 5.22. The summed E-state index contributed by atoms with van der Waals surface area (Å²) in [5.41, 5.74) is 1.53. The normalized spacial score (nSPS) is 22.4. The van der Waals surface area contributed by atoms with Crippen molar-refractivity contribution < 1.29 is 19.1 Å². The molecule has 0 spiro atoms. The average Bonchev–Trinajstić information content (AvgIpc) is 3.59. The Balaban J connectivity index is 1.46. The number of rotatable bonds is 6. The molecule has 2 saturated carbocycles. The van der Waals surface area contributed by atoms with E-state index in [0.717, 1.165) is 50.6 Å². The number of carbonyl (C=O) groups excluding carboxylic acids is 3. The molecule has 1 N–H and O–H groups in total. The Morgan fingerprint density at radius 1 is 1.19 bits per heavy atom. The van der Waals surface area contributed by atoms with Crippen LogP contribution in [0.25, 0.3) is 0 Å². The van der Waals surface area contributed by atoms with Crippen molar-refractivity contribution >= 4 is 34.1 Å². The number of thiophene rings is 1. The highest BCUT2D eigenvalue weighted by atomic mass is 32.1. The van der Waals surface area contributed by atoms with Gasteiger partial charge in [0.15, 0.2) is 0 Å². The van der Waals surface area contributed by atoms with E-state index in [1.54, 1.807) is 6.92 Å². The molecular weight excluding hydrogens is 364 g/mol. The van der Waals surface area contributed by atoms with Crippen molar-refractivity contribution in [2.45, 2.75) is 51.4 Å². The van der Waals surface area contributed by atoms with E-state index in [-0.39, 0.29) is 29.6 Å². The highest BCUT2D eigenvalue weighted by Crippen LogP contribution is 2.46. The zero-order chi connectivity index (χ0) is 19.0. The lowest BCUT2D eigenvalue weighted by atomic mass is 9.96. The van der Waals surface area contributed by atoms with E-state index in [1.165, 1.54) is 11.3 Å². The summed E-state index contributed by atoms with van der Waals surface area (Å²) in [4.78, 5) is 39.5. The van der Waals surface area contributed by atoms with Crippen LogP contribution in [0.2, 0.25) is 0 Å². The number of hydrogen-bond donors (Lipinski definition) is 1. The zero-order valence-electron chi connectivity index (χ0n) is 15.7. The number of carbonyl (C=O) groups is 3. The van der Waals surface area contributed by atoms with Crippen LogP contribution in [0.4, 0.5) is 5.00 Å². The molecule has 3 fully saturated rings. The Morgan fingerprint density at radius 3 is 2.63 bits per heavy atom. The van der Waals surface area contributed by atoms with Gasteiger partial charge in [0.25, 0.3) is 0 Å². The Labute approximate surface area is 163 Å². The molecule has 0 aromatic carbocycles. The van der Waals surface area contributed by atoms with Crippen molar-refractivity contribution in [3.8, 4) is 0 Å². The van der Waals surface area contributed by atoms with Crippen LogP contribution >= 0.6 is 11.3 Å². The third kappa shape index (κ3) is 4.03. The summed E-state index contributed by atoms with van der Waals surface area (Å²) in [5.74, 6) is 0.117. The Hall–Kier alpha value is -1.89. The molecule has 1 unspecified atom stereocenters. The topological polar surface area (TPSA) is 75.7 Å². The second-order valence-corrected chi connectivity index (χ2v) is 8.66. The van der Waals surface area contributed by atoms with Gasteiger partial charge in [0, 0.05) is 19.0 Å². The summed E-state index contributed by atoms with van der Waals surface area (Å²) in [6.45, 7) is 3.33. The smallest absolute Gasteiger partial charge is 0.341 e. The molecule has 0 radical (unpaired) electrons. The maximum absolute atomic E-state index is 12.9. The summed E-state index contributed by atoms with van der Waals surface area (Å²) in [6, 6.07) is 0. The van der Waals surface area contributed by atoms with E-state index in [9.17, 15) is 14.4 Å². The minimum absolute atomic E-state index is 0.0990. The van der Waals surface area contributed by atoms with E-state index in [0.29, 0.717) is 29.6 Å². The fraction of sp³-hybridized carbons (Fsp3) is 0.650. The van der Waals surface area contributed by atoms with Gasteiger partial charge in [-0.3, -0.25) is 9.59 Å². The van der Waals surface area contributed by atoms with Gasteiger partial charge in [0.2, 0.25) is 11.8 Å². The monoisotopic (exact) mass is 390 g/mol. The molecule has 6 nitrogen and oxygen atoms in total. The quantitative estimate of drug-likeness (QED) is 0.756. The molecule has 2 aliphatic carbocycles. The first-order valence-electron chi connectivity index (χ1n) is 9.96. The van der Waals surface area contributed by atoms with Crippen LogP contribution < -0.4 is 5.32 Å². The second kappa shape index (κ2) is 7.62. The van der Waals surface area contributed by atoms with Crippen LogP contribution in [0.5, 0.6) is 0 Å². The number of likely N-dealkylation sites (tertiary alicyclic amines) is 1. The lowest BCUT2D eigenvalue weighted by molar-refractivity contribution is -0.135. The largest absolute Gasteiger partial charge is 0.462 e. The summed E-state index contributed by atoms with van der Waals surface area (Å²) in [6.07, 6.45) is 5.74. The molecule has 1 aliphatic heterocycles. The summed E-state index contributed by atoms with van der Waals surface area (Å²) in [7, 11) is 0. The van der Waals surface area contributed by atoms with E-state index < -0.39 is 0 Å². The van der Waals surface area contributed by atoms with E-state index in [1.807, 2.05) is 10.3 Å². The third-order valence-corrected chi connectivity index (χ3v) is 6.50. The standard InChI is InChI=1S/C20H26N2O4S/c1-2-26-20(25)16-15(12-5-6-12)11-27-18(16)21-17(23)14-4-3-9-22(10-14)19(24)13-7-8-13/h11-14H,2-10H2,1H3,(H,21,23). The van der Waals surface area contributed by atoms with Crippen molar-refractivity contribution in [2.24, 2.45) is 11.8 Å². The Kier molecular flexibility index (Phi) is 5.21. The number of nitrogens with zero attached hydrogens (tertiary/aromatic N) is 1. The molecule has 7 heteroatoms. The molecule has 4 rings (SSSR count). The van der Waals surface area contributed by atoms with Gasteiger partial charge in [-0.25, -0.2) is 4.79 Å². The number of nitrogens with one attached hydrogen (secondary N) is 1. The molecule has 2 heterocycles. The van der Waals surface area contributed by atoms with E-state index >= 15 is 0 Å². The van der Waals surface area contributed by atoms with Crippen LogP contribution in [0.15, 0.2) is 5.38 Å². The van der Waals surface area contributed by atoms with Crippen LogP contribution in [0, 0.1) is 11.8 Å². The number of piperidine rings is 1. The van der Waals surface area contributed by atoms with Gasteiger partial charge in [0.1, 0.15) is 5.00 Å². The molecule has 1 aromatic rings. The van der Waals surface area contributed by atoms with Gasteiger partial charge in [-0.15, -0.1) is 11.3 Å². The lowest BCUT2D eigenvalue weighted by Crippen LogP contribution is -2.44. The predicted octanol–water partition coefficient (Wildman–Crippen LogP) is 3.39. The van der Waals surface area contributed by atoms with Crippen LogP contribution in [-0.4, -0.2) is 42.4 Å². The second-order valence-electron chi connectivity index (χ2n) is 7.78. The van der Waals surface area contributed by atoms with Gasteiger partial charge in [-0.05, 0) is 62.3 Å². The van der Waals surface area contributed by atoms with Crippen molar-refractivity contribution in [1.29, 1.82) is 0 Å². The molecule has 1 atom stereocenters. The first-order valence-corrected chi connectivity index (χ1v) is 10.8. The lowest BCUT2D eigenvalue weighted by Gasteiger charge is -2.32. The minimum Gasteiger partial charge on any atom is -0.462 e. The SMILES string of the molecule is CCOC(=O)c1c(C2CC2)csc1NC(=O)C1CCCN(C(=O)C2CC2)C1. The maximum Gasteiger partial charge on any atom is 0.341 e. The minimum atomic E-state index is -0.356. The number of hydrogen-bond acceptors (Lipinski definition) is 5. The highest BCUT2D eigenvalue weighted by Gasteiger charge is 2.37. The first kappa shape index (κ1) is 18.5. The van der Waals surface area contributed by atoms with E-state index in [4.69, 9.17) is 4.74 Å². The first-order chi connectivity index (χ1) is 13.1. The molecule has 1 saturated heterocycles. The number of anilines is 1. The van der Waals surface area contributed by atoms with Gasteiger partial charge >= 0.3 is 5.97 Å². The number of amides is 2. The van der Waals surface area contributed by atoms with Crippen LogP contribution in [0.3, 0.4) is 0 Å². The summed E-state index contributed by atoms with van der Waals surface area (Å²) >= 11 is 1.40. The summed E-state index contributed by atoms with van der Waals surface area (Å²) in [5, 5.41) is 5.53. The van der Waals surface area contributed by atoms with Crippen LogP contribution in [0.1, 0.15) is 67.3 Å². The average molecular weight is 391 g/mol. The zero-order valence-corrected chi connectivity index (χ0v) is 16.5. The van der Waals surface area contributed by atoms with Gasteiger partial charge in [-0.2, -0.15) is 0 Å². The molecule has 27 heavy (non-hydrogen) atoms. The van der Waals surface area contributed by atoms with Crippen molar-refractivity contribution in [3.63, 3.8) is 0 Å². The van der Waals surface area contributed by atoms with Crippen molar-refractivity contribution in [1.82, 2.24) is 4.90 Å². The highest BCUT2D eigenvalue weighted by molar-refractivity contribution is 7.15. The molecule has 146 valence electrons. The molecule has 0 bridgehead atoms. The van der Waals surface area contributed by atoms with E-state index in [2.05, 4.69) is 5.32 Å².